The molecule has 0 aliphatic rings. The average Bonchev–Trinajstić information content (AvgIpc) is 2.50. The Bertz CT molecular complexity index is 493. The van der Waals surface area contributed by atoms with Crippen molar-refractivity contribution in [2.75, 3.05) is 19.6 Å². The minimum atomic E-state index is 0.353. The van der Waals surface area contributed by atoms with Gasteiger partial charge in [-0.25, -0.2) is 0 Å². The zero-order chi connectivity index (χ0) is 17.2. The van der Waals surface area contributed by atoms with Crippen LogP contribution in [0.5, 0.6) is 0 Å². The van der Waals surface area contributed by atoms with Gasteiger partial charge in [0.25, 0.3) is 0 Å². The fraction of sp³-hybridized carbons (Fsp3) is 0.588. The van der Waals surface area contributed by atoms with Gasteiger partial charge in [-0.2, -0.15) is 0 Å². The predicted molar refractivity (Wildman–Crippen MR) is 106 cm³/mol. The SMILES string of the molecule is CCN(CC)CCCC(C)NC(=S)NCc1ccc(Cl)cc1Cl. The lowest BCUT2D eigenvalue weighted by Gasteiger charge is -2.21. The number of rotatable bonds is 9. The van der Waals surface area contributed by atoms with Crippen LogP contribution in [-0.2, 0) is 6.54 Å². The normalized spacial score (nSPS) is 12.3. The summed E-state index contributed by atoms with van der Waals surface area (Å²) in [7, 11) is 0. The first-order valence-corrected chi connectivity index (χ1v) is 9.33. The molecule has 0 radical (unpaired) electrons. The van der Waals surface area contributed by atoms with E-state index in [2.05, 4.69) is 36.3 Å². The summed E-state index contributed by atoms with van der Waals surface area (Å²) in [6, 6.07) is 5.84. The summed E-state index contributed by atoms with van der Waals surface area (Å²) in [5, 5.41) is 8.47. The fourth-order valence-corrected chi connectivity index (χ4v) is 3.10. The highest BCUT2D eigenvalue weighted by molar-refractivity contribution is 7.80. The van der Waals surface area contributed by atoms with Crippen LogP contribution in [0.25, 0.3) is 0 Å². The molecule has 1 unspecified atom stereocenters. The lowest BCUT2D eigenvalue weighted by atomic mass is 10.2. The zero-order valence-corrected chi connectivity index (χ0v) is 16.5. The Hall–Kier alpha value is -0.550. The molecule has 0 spiro atoms. The minimum Gasteiger partial charge on any atom is -0.360 e. The van der Waals surface area contributed by atoms with Crippen molar-refractivity contribution in [1.29, 1.82) is 0 Å². The predicted octanol–water partition coefficient (Wildman–Crippen LogP) is 4.47. The largest absolute Gasteiger partial charge is 0.360 e. The molecule has 0 saturated heterocycles. The van der Waals surface area contributed by atoms with E-state index in [1.165, 1.54) is 6.42 Å². The topological polar surface area (TPSA) is 27.3 Å². The minimum absolute atomic E-state index is 0.353. The molecule has 0 aromatic heterocycles. The second kappa shape index (κ2) is 11.1. The van der Waals surface area contributed by atoms with E-state index in [0.717, 1.165) is 31.6 Å². The van der Waals surface area contributed by atoms with Crippen LogP contribution in [-0.4, -0.2) is 35.7 Å². The van der Waals surface area contributed by atoms with Crippen molar-refractivity contribution >= 4 is 40.5 Å². The summed E-state index contributed by atoms with van der Waals surface area (Å²) in [5.74, 6) is 0. The summed E-state index contributed by atoms with van der Waals surface area (Å²) in [5.41, 5.74) is 0.981. The summed E-state index contributed by atoms with van der Waals surface area (Å²) in [6.07, 6.45) is 2.27. The van der Waals surface area contributed by atoms with E-state index in [0.29, 0.717) is 27.7 Å². The van der Waals surface area contributed by atoms with E-state index in [9.17, 15) is 0 Å². The van der Waals surface area contributed by atoms with Gasteiger partial charge >= 0.3 is 0 Å². The van der Waals surface area contributed by atoms with Crippen LogP contribution in [0.3, 0.4) is 0 Å². The Kier molecular flexibility index (Phi) is 9.88. The summed E-state index contributed by atoms with van der Waals surface area (Å²) in [6.45, 7) is 10.5. The highest BCUT2D eigenvalue weighted by Gasteiger charge is 2.07. The van der Waals surface area contributed by atoms with Gasteiger partial charge in [-0.3, -0.25) is 0 Å². The van der Waals surface area contributed by atoms with Crippen molar-refractivity contribution in [2.45, 2.75) is 46.2 Å². The van der Waals surface area contributed by atoms with E-state index >= 15 is 0 Å². The third-order valence-corrected chi connectivity index (χ3v) is 4.69. The van der Waals surface area contributed by atoms with Gasteiger partial charge in [-0.15, -0.1) is 0 Å². The van der Waals surface area contributed by atoms with Crippen molar-refractivity contribution < 1.29 is 0 Å². The van der Waals surface area contributed by atoms with Gasteiger partial charge in [-0.1, -0.05) is 43.1 Å². The Balaban J connectivity index is 2.27. The summed E-state index contributed by atoms with van der Waals surface area (Å²) in [4.78, 5) is 2.44. The number of hydrogen-bond acceptors (Lipinski definition) is 2. The average molecular weight is 376 g/mol. The molecule has 2 N–H and O–H groups in total. The third kappa shape index (κ3) is 8.20. The monoisotopic (exact) mass is 375 g/mol. The molecule has 0 amide bonds. The van der Waals surface area contributed by atoms with Gasteiger partial charge in [0.15, 0.2) is 5.11 Å². The zero-order valence-electron chi connectivity index (χ0n) is 14.2. The van der Waals surface area contributed by atoms with Crippen LogP contribution < -0.4 is 10.6 Å². The molecule has 0 saturated carbocycles. The Morgan fingerprint density at radius 3 is 2.57 bits per heavy atom. The molecule has 0 bridgehead atoms. The lowest BCUT2D eigenvalue weighted by molar-refractivity contribution is 0.292. The molecular weight excluding hydrogens is 349 g/mol. The van der Waals surface area contributed by atoms with Crippen molar-refractivity contribution in [3.63, 3.8) is 0 Å². The van der Waals surface area contributed by atoms with Gasteiger partial charge in [0.1, 0.15) is 0 Å². The van der Waals surface area contributed by atoms with Gasteiger partial charge < -0.3 is 15.5 Å². The smallest absolute Gasteiger partial charge is 0.166 e. The Morgan fingerprint density at radius 1 is 1.26 bits per heavy atom. The number of halogens is 2. The van der Waals surface area contributed by atoms with Crippen LogP contribution in [0.4, 0.5) is 0 Å². The summed E-state index contributed by atoms with van der Waals surface area (Å²) >= 11 is 17.4. The third-order valence-electron chi connectivity index (χ3n) is 3.84. The first-order valence-electron chi connectivity index (χ1n) is 8.16. The number of nitrogens with zero attached hydrogens (tertiary/aromatic N) is 1. The maximum absolute atomic E-state index is 6.15. The number of benzene rings is 1. The van der Waals surface area contributed by atoms with Gasteiger partial charge in [0, 0.05) is 22.6 Å². The maximum atomic E-state index is 6.15. The number of nitrogens with one attached hydrogen (secondary N) is 2. The first-order chi connectivity index (χ1) is 11.0. The molecule has 0 fully saturated rings. The second-order valence-corrected chi connectivity index (χ2v) is 6.88. The summed E-state index contributed by atoms with van der Waals surface area (Å²) < 4.78 is 0. The molecule has 1 atom stereocenters. The van der Waals surface area contributed by atoms with Crippen LogP contribution in [0.2, 0.25) is 10.0 Å². The van der Waals surface area contributed by atoms with E-state index < -0.39 is 0 Å². The molecule has 1 aromatic carbocycles. The standard InChI is InChI=1S/C17H27Cl2N3S/c1-4-22(5-2)10-6-7-13(3)21-17(23)20-12-14-8-9-15(18)11-16(14)19/h8-9,11,13H,4-7,10,12H2,1-3H3,(H2,20,21,23). The highest BCUT2D eigenvalue weighted by Crippen LogP contribution is 2.20. The molecule has 1 aromatic rings. The molecular formula is C17H27Cl2N3S. The van der Waals surface area contributed by atoms with E-state index in [1.807, 2.05) is 12.1 Å². The van der Waals surface area contributed by atoms with Crippen LogP contribution in [0, 0.1) is 0 Å². The fourth-order valence-electron chi connectivity index (χ4n) is 2.35. The Labute approximate surface area is 155 Å². The van der Waals surface area contributed by atoms with E-state index in [4.69, 9.17) is 35.4 Å². The molecule has 0 heterocycles. The molecule has 0 aliphatic carbocycles. The molecule has 0 aliphatic heterocycles. The van der Waals surface area contributed by atoms with Crippen LogP contribution >= 0.6 is 35.4 Å². The maximum Gasteiger partial charge on any atom is 0.166 e. The van der Waals surface area contributed by atoms with Crippen LogP contribution in [0.1, 0.15) is 39.2 Å². The molecule has 3 nitrogen and oxygen atoms in total. The highest BCUT2D eigenvalue weighted by atomic mass is 35.5. The lowest BCUT2D eigenvalue weighted by Crippen LogP contribution is -2.40. The molecule has 23 heavy (non-hydrogen) atoms. The molecule has 130 valence electrons. The van der Waals surface area contributed by atoms with Crippen molar-refractivity contribution in [3.8, 4) is 0 Å². The van der Waals surface area contributed by atoms with E-state index in [-0.39, 0.29) is 0 Å². The first kappa shape index (κ1) is 20.5. The van der Waals surface area contributed by atoms with Crippen LogP contribution in [0.15, 0.2) is 18.2 Å². The van der Waals surface area contributed by atoms with E-state index in [1.54, 1.807) is 6.07 Å². The molecule has 6 heteroatoms. The van der Waals surface area contributed by atoms with Crippen molar-refractivity contribution in [3.05, 3.63) is 33.8 Å². The number of hydrogen-bond donors (Lipinski definition) is 2. The number of thiocarbonyl (C=S) groups is 1. The van der Waals surface area contributed by atoms with Gasteiger partial charge in [0.2, 0.25) is 0 Å². The van der Waals surface area contributed by atoms with Gasteiger partial charge in [-0.05, 0) is 69.3 Å². The molecule has 1 rings (SSSR count). The van der Waals surface area contributed by atoms with Crippen molar-refractivity contribution in [2.24, 2.45) is 0 Å². The quantitative estimate of drug-likeness (QED) is 0.622. The Morgan fingerprint density at radius 2 is 1.96 bits per heavy atom. The second-order valence-electron chi connectivity index (χ2n) is 5.63. The van der Waals surface area contributed by atoms with Crippen molar-refractivity contribution in [1.82, 2.24) is 15.5 Å². The van der Waals surface area contributed by atoms with Gasteiger partial charge in [0.05, 0.1) is 0 Å².